The topological polar surface area (TPSA) is 77.9 Å². The average Bonchev–Trinajstić information content (AvgIpc) is 2.35. The number of alkyl halides is 3. The summed E-state index contributed by atoms with van der Waals surface area (Å²) in [5.74, 6) is -1.91. The summed E-state index contributed by atoms with van der Waals surface area (Å²) in [6.45, 7) is -0.753. The van der Waals surface area contributed by atoms with Crippen molar-refractivity contribution in [3.8, 4) is 0 Å². The Morgan fingerprint density at radius 3 is 2.55 bits per heavy atom. The van der Waals surface area contributed by atoms with Crippen LogP contribution in [0.5, 0.6) is 0 Å². The van der Waals surface area contributed by atoms with Crippen LogP contribution in [0, 0.1) is 5.92 Å². The Kier molecular flexibility index (Phi) is 5.39. The van der Waals surface area contributed by atoms with Crippen LogP contribution >= 0.6 is 0 Å². The number of carboxylic acids is 1. The molecule has 0 saturated carbocycles. The van der Waals surface area contributed by atoms with Crippen LogP contribution < -0.4 is 0 Å². The fourth-order valence-corrected chi connectivity index (χ4v) is 3.39. The van der Waals surface area contributed by atoms with Gasteiger partial charge in [0, 0.05) is 26.7 Å². The van der Waals surface area contributed by atoms with Gasteiger partial charge in [0.05, 0.1) is 12.3 Å². The zero-order valence-corrected chi connectivity index (χ0v) is 11.7. The fourth-order valence-electron chi connectivity index (χ4n) is 1.95. The van der Waals surface area contributed by atoms with Crippen LogP contribution in [0.2, 0.25) is 0 Å². The number of halogens is 3. The number of carbonyl (C=O) groups is 1. The van der Waals surface area contributed by atoms with Crippen molar-refractivity contribution >= 4 is 16.2 Å². The minimum Gasteiger partial charge on any atom is -0.481 e. The van der Waals surface area contributed by atoms with Crippen LogP contribution in [0.15, 0.2) is 0 Å². The van der Waals surface area contributed by atoms with Crippen LogP contribution in [0.25, 0.3) is 0 Å². The summed E-state index contributed by atoms with van der Waals surface area (Å²) in [5, 5.41) is 8.89. The molecule has 20 heavy (non-hydrogen) atoms. The molecule has 10 heteroatoms. The molecule has 1 N–H and O–H groups in total. The second-order valence-corrected chi connectivity index (χ2v) is 6.77. The molecule has 0 aromatic rings. The molecule has 0 amide bonds. The van der Waals surface area contributed by atoms with Crippen molar-refractivity contribution in [1.82, 2.24) is 8.61 Å². The van der Waals surface area contributed by atoms with Gasteiger partial charge in [0.2, 0.25) is 0 Å². The van der Waals surface area contributed by atoms with Gasteiger partial charge >= 0.3 is 12.1 Å². The molecule has 1 aliphatic heterocycles. The van der Waals surface area contributed by atoms with E-state index in [9.17, 15) is 26.4 Å². The molecule has 0 aromatic carbocycles. The molecule has 6 nitrogen and oxygen atoms in total. The summed E-state index contributed by atoms with van der Waals surface area (Å²) in [6, 6.07) is 0. The van der Waals surface area contributed by atoms with Crippen molar-refractivity contribution in [3.05, 3.63) is 0 Å². The maximum absolute atomic E-state index is 12.1. The number of hydrogen-bond donors (Lipinski definition) is 1. The van der Waals surface area contributed by atoms with Crippen LogP contribution in [0.4, 0.5) is 13.2 Å². The molecule has 0 bridgehead atoms. The van der Waals surface area contributed by atoms with Gasteiger partial charge < -0.3 is 5.11 Å². The van der Waals surface area contributed by atoms with Crippen molar-refractivity contribution < 1.29 is 31.5 Å². The van der Waals surface area contributed by atoms with Crippen molar-refractivity contribution in [2.45, 2.75) is 25.4 Å². The third-order valence-electron chi connectivity index (χ3n) is 3.16. The lowest BCUT2D eigenvalue weighted by atomic mass is 10.0. The van der Waals surface area contributed by atoms with Gasteiger partial charge in [-0.1, -0.05) is 0 Å². The molecule has 0 radical (unpaired) electrons. The predicted octanol–water partition coefficient (Wildman–Crippen LogP) is 0.912. The summed E-state index contributed by atoms with van der Waals surface area (Å²) in [6.07, 6.45) is -4.93. The van der Waals surface area contributed by atoms with Crippen molar-refractivity contribution in [3.63, 3.8) is 0 Å². The van der Waals surface area contributed by atoms with E-state index >= 15 is 0 Å². The molecule has 1 atom stereocenters. The molecular formula is C10H17F3N2O4S. The summed E-state index contributed by atoms with van der Waals surface area (Å²) < 4.78 is 62.0. The highest BCUT2D eigenvalue weighted by Gasteiger charge is 2.36. The molecule has 1 heterocycles. The summed E-state index contributed by atoms with van der Waals surface area (Å²) >= 11 is 0. The van der Waals surface area contributed by atoms with Crippen LogP contribution in [-0.2, 0) is 15.0 Å². The summed E-state index contributed by atoms with van der Waals surface area (Å²) in [5.41, 5.74) is 0. The van der Waals surface area contributed by atoms with Gasteiger partial charge in [-0.25, -0.2) is 0 Å². The fraction of sp³-hybridized carbons (Fsp3) is 0.900. The molecule has 0 aromatic heterocycles. The zero-order chi connectivity index (χ0) is 15.6. The summed E-state index contributed by atoms with van der Waals surface area (Å²) in [4.78, 5) is 10.9. The molecule has 1 unspecified atom stereocenters. The SMILES string of the molecule is CN(CCC(F)(F)F)S(=O)(=O)N1CCCC(C(=O)O)C1. The third kappa shape index (κ3) is 4.60. The van der Waals surface area contributed by atoms with Gasteiger partial charge in [-0.2, -0.15) is 30.2 Å². The monoisotopic (exact) mass is 318 g/mol. The first kappa shape index (κ1) is 17.2. The third-order valence-corrected chi connectivity index (χ3v) is 5.12. The highest BCUT2D eigenvalue weighted by Crippen LogP contribution is 2.23. The van der Waals surface area contributed by atoms with E-state index in [4.69, 9.17) is 5.11 Å². The van der Waals surface area contributed by atoms with Crippen molar-refractivity contribution in [2.75, 3.05) is 26.7 Å². The van der Waals surface area contributed by atoms with Gasteiger partial charge in [0.1, 0.15) is 0 Å². The number of nitrogens with zero attached hydrogens (tertiary/aromatic N) is 2. The van der Waals surface area contributed by atoms with Gasteiger partial charge in [-0.15, -0.1) is 0 Å². The van der Waals surface area contributed by atoms with Gasteiger partial charge in [0.15, 0.2) is 0 Å². The van der Waals surface area contributed by atoms with E-state index in [1.165, 1.54) is 0 Å². The molecule has 1 saturated heterocycles. The second kappa shape index (κ2) is 6.27. The molecule has 118 valence electrons. The van der Waals surface area contributed by atoms with E-state index < -0.39 is 41.2 Å². The molecular weight excluding hydrogens is 301 g/mol. The van der Waals surface area contributed by atoms with Crippen molar-refractivity contribution in [2.24, 2.45) is 5.92 Å². The Hall–Kier alpha value is -0.870. The highest BCUT2D eigenvalue weighted by molar-refractivity contribution is 7.86. The smallest absolute Gasteiger partial charge is 0.390 e. The number of piperidine rings is 1. The quantitative estimate of drug-likeness (QED) is 0.817. The Morgan fingerprint density at radius 1 is 1.45 bits per heavy atom. The van der Waals surface area contributed by atoms with E-state index in [1.807, 2.05) is 0 Å². The lowest BCUT2D eigenvalue weighted by Crippen LogP contribution is -2.48. The highest BCUT2D eigenvalue weighted by atomic mass is 32.2. The largest absolute Gasteiger partial charge is 0.481 e. The first-order valence-electron chi connectivity index (χ1n) is 6.05. The van der Waals surface area contributed by atoms with E-state index in [0.29, 0.717) is 17.1 Å². The number of rotatable bonds is 5. The normalized spacial score (nSPS) is 22.1. The number of hydrogen-bond acceptors (Lipinski definition) is 3. The van der Waals surface area contributed by atoms with E-state index in [-0.39, 0.29) is 13.1 Å². The minimum atomic E-state index is -4.44. The minimum absolute atomic E-state index is 0.127. The molecule has 0 aliphatic carbocycles. The van der Waals surface area contributed by atoms with E-state index in [2.05, 4.69) is 0 Å². The Bertz CT molecular complexity index is 452. The lowest BCUT2D eigenvalue weighted by Gasteiger charge is -2.32. The van der Waals surface area contributed by atoms with Crippen molar-refractivity contribution in [1.29, 1.82) is 0 Å². The van der Waals surface area contributed by atoms with Crippen LogP contribution in [0.3, 0.4) is 0 Å². The Balaban J connectivity index is 2.69. The Labute approximate surface area is 115 Å². The first-order chi connectivity index (χ1) is 9.04. The van der Waals surface area contributed by atoms with Crippen LogP contribution in [0.1, 0.15) is 19.3 Å². The van der Waals surface area contributed by atoms with Gasteiger partial charge in [-0.3, -0.25) is 4.79 Å². The first-order valence-corrected chi connectivity index (χ1v) is 7.44. The molecule has 1 rings (SSSR count). The van der Waals surface area contributed by atoms with E-state index in [1.54, 1.807) is 0 Å². The molecule has 0 spiro atoms. The Morgan fingerprint density at radius 2 is 2.05 bits per heavy atom. The molecule has 1 aliphatic rings. The maximum atomic E-state index is 12.1. The second-order valence-electron chi connectivity index (χ2n) is 4.73. The summed E-state index contributed by atoms with van der Waals surface area (Å²) in [7, 11) is -2.99. The van der Waals surface area contributed by atoms with Gasteiger partial charge in [-0.05, 0) is 12.8 Å². The number of carboxylic acid groups (broad SMARTS) is 1. The van der Waals surface area contributed by atoms with Crippen LogP contribution in [-0.4, -0.2) is 61.0 Å². The average molecular weight is 318 g/mol. The van der Waals surface area contributed by atoms with Gasteiger partial charge in [0.25, 0.3) is 10.2 Å². The standard InChI is InChI=1S/C10H17F3N2O4S/c1-14(6-4-10(11,12)13)20(18,19)15-5-2-3-8(7-15)9(16)17/h8H,2-7H2,1H3,(H,16,17). The van der Waals surface area contributed by atoms with E-state index in [0.717, 1.165) is 11.4 Å². The predicted molar refractivity (Wildman–Crippen MR) is 64.2 cm³/mol. The lowest BCUT2D eigenvalue weighted by molar-refractivity contribution is -0.142. The zero-order valence-electron chi connectivity index (χ0n) is 10.9. The number of aliphatic carboxylic acids is 1. The molecule has 1 fully saturated rings. The maximum Gasteiger partial charge on any atom is 0.390 e.